The summed E-state index contributed by atoms with van der Waals surface area (Å²) in [5, 5.41) is 12.0. The van der Waals surface area contributed by atoms with Crippen molar-refractivity contribution in [2.45, 2.75) is 39.3 Å². The Morgan fingerprint density at radius 1 is 1.25 bits per heavy atom. The van der Waals surface area contributed by atoms with E-state index in [-0.39, 0.29) is 11.8 Å². The van der Waals surface area contributed by atoms with E-state index in [1.807, 2.05) is 20.8 Å². The molecular weight excluding hydrogens is 316 g/mol. The number of likely N-dealkylation sites (tertiary alicyclic amines) is 1. The fraction of sp³-hybridized carbons (Fsp3) is 0.812. The van der Waals surface area contributed by atoms with Gasteiger partial charge in [0, 0.05) is 12.5 Å². The number of carboxylic acid groups (broad SMARTS) is 1. The van der Waals surface area contributed by atoms with Crippen LogP contribution in [0, 0.1) is 17.3 Å². The summed E-state index contributed by atoms with van der Waals surface area (Å²) in [4.78, 5) is 37.6. The molecule has 2 aliphatic heterocycles. The summed E-state index contributed by atoms with van der Waals surface area (Å²) in [7, 11) is 1.22. The predicted octanol–water partition coefficient (Wildman–Crippen LogP) is 0.705. The third-order valence-corrected chi connectivity index (χ3v) is 4.79. The average Bonchev–Trinajstić information content (AvgIpc) is 2.85. The van der Waals surface area contributed by atoms with Crippen molar-refractivity contribution < 1.29 is 29.0 Å². The number of nitrogens with zero attached hydrogens (tertiary/aromatic N) is 1. The van der Waals surface area contributed by atoms with Gasteiger partial charge in [0.15, 0.2) is 0 Å². The zero-order chi connectivity index (χ0) is 18.1. The standard InChI is InChI=1S/C16H26N2O6/c1-16(2,3)12(17-15(22)23-4)13(19)18-6-9(10-7-24-8-10)5-11(18)14(20)21/h9-12H,5-8H2,1-4H3,(H,17,22)(H,20,21)/t9?,11-,12+/m0/s1. The molecule has 0 bridgehead atoms. The number of methoxy groups -OCH3 is 1. The molecule has 2 heterocycles. The van der Waals surface area contributed by atoms with Crippen molar-refractivity contribution >= 4 is 18.0 Å². The van der Waals surface area contributed by atoms with Gasteiger partial charge in [0.25, 0.3) is 0 Å². The molecule has 1 unspecified atom stereocenters. The van der Waals surface area contributed by atoms with Crippen LogP contribution >= 0.6 is 0 Å². The minimum atomic E-state index is -1.02. The SMILES string of the molecule is COC(=O)N[C@H](C(=O)N1CC(C2COC2)C[C@H]1C(=O)O)C(C)(C)C. The molecule has 2 fully saturated rings. The summed E-state index contributed by atoms with van der Waals surface area (Å²) in [6, 6.07) is -1.73. The predicted molar refractivity (Wildman–Crippen MR) is 84.3 cm³/mol. The topological polar surface area (TPSA) is 105 Å². The normalized spacial score (nSPS) is 25.8. The molecule has 0 aromatic rings. The first-order chi connectivity index (χ1) is 11.1. The number of carboxylic acids is 1. The molecule has 24 heavy (non-hydrogen) atoms. The van der Waals surface area contributed by atoms with Gasteiger partial charge in [0.1, 0.15) is 12.1 Å². The third-order valence-electron chi connectivity index (χ3n) is 4.79. The Morgan fingerprint density at radius 3 is 2.29 bits per heavy atom. The molecule has 0 spiro atoms. The third kappa shape index (κ3) is 3.80. The van der Waals surface area contributed by atoms with E-state index in [1.54, 1.807) is 0 Å². The van der Waals surface area contributed by atoms with E-state index >= 15 is 0 Å². The highest BCUT2D eigenvalue weighted by Gasteiger charge is 2.47. The Bertz CT molecular complexity index is 511. The second-order valence-corrected chi connectivity index (χ2v) is 7.57. The summed E-state index contributed by atoms with van der Waals surface area (Å²) in [5.74, 6) is -0.992. The van der Waals surface area contributed by atoms with Gasteiger partial charge in [-0.25, -0.2) is 9.59 Å². The Hall–Kier alpha value is -1.83. The van der Waals surface area contributed by atoms with Gasteiger partial charge in [-0.1, -0.05) is 20.8 Å². The smallest absolute Gasteiger partial charge is 0.407 e. The molecule has 0 aromatic carbocycles. The van der Waals surface area contributed by atoms with Crippen LogP contribution in [0.25, 0.3) is 0 Å². The van der Waals surface area contributed by atoms with E-state index < -0.39 is 29.6 Å². The summed E-state index contributed by atoms with van der Waals surface area (Å²) in [6.45, 7) is 7.04. The maximum absolute atomic E-state index is 13.0. The number of alkyl carbamates (subject to hydrolysis) is 1. The quantitative estimate of drug-likeness (QED) is 0.779. The number of carbonyl (C=O) groups excluding carboxylic acids is 2. The lowest BCUT2D eigenvalue weighted by atomic mass is 9.85. The second kappa shape index (κ2) is 6.96. The number of carbonyl (C=O) groups is 3. The van der Waals surface area contributed by atoms with E-state index in [0.29, 0.717) is 32.1 Å². The molecule has 2 rings (SSSR count). The molecule has 0 saturated carbocycles. The minimum Gasteiger partial charge on any atom is -0.480 e. The van der Waals surface area contributed by atoms with Crippen LogP contribution in [-0.2, 0) is 19.1 Å². The number of hydrogen-bond acceptors (Lipinski definition) is 5. The molecule has 8 heteroatoms. The fourth-order valence-electron chi connectivity index (χ4n) is 3.21. The first-order valence-corrected chi connectivity index (χ1v) is 8.10. The van der Waals surface area contributed by atoms with Crippen LogP contribution in [-0.4, -0.2) is 66.9 Å². The van der Waals surface area contributed by atoms with E-state index in [4.69, 9.17) is 4.74 Å². The lowest BCUT2D eigenvalue weighted by Crippen LogP contribution is -2.56. The maximum atomic E-state index is 13.0. The van der Waals surface area contributed by atoms with Crippen molar-refractivity contribution in [2.75, 3.05) is 26.9 Å². The summed E-state index contributed by atoms with van der Waals surface area (Å²) < 4.78 is 9.78. The van der Waals surface area contributed by atoms with Gasteiger partial charge >= 0.3 is 12.1 Å². The Labute approximate surface area is 141 Å². The van der Waals surface area contributed by atoms with Gasteiger partial charge in [0.05, 0.1) is 20.3 Å². The fourth-order valence-corrected chi connectivity index (χ4v) is 3.21. The number of aliphatic carboxylic acids is 1. The molecule has 0 radical (unpaired) electrons. The number of nitrogens with one attached hydrogen (secondary N) is 1. The van der Waals surface area contributed by atoms with Gasteiger partial charge in [0.2, 0.25) is 5.91 Å². The van der Waals surface area contributed by atoms with Gasteiger partial charge in [-0.2, -0.15) is 0 Å². The van der Waals surface area contributed by atoms with Crippen LogP contribution < -0.4 is 5.32 Å². The highest BCUT2D eigenvalue weighted by molar-refractivity contribution is 5.90. The van der Waals surface area contributed by atoms with Crippen LogP contribution in [0.15, 0.2) is 0 Å². The number of amides is 2. The molecule has 2 amide bonds. The van der Waals surface area contributed by atoms with Crippen molar-refractivity contribution in [3.05, 3.63) is 0 Å². The molecule has 0 aromatic heterocycles. The first-order valence-electron chi connectivity index (χ1n) is 8.10. The van der Waals surface area contributed by atoms with Gasteiger partial charge in [-0.15, -0.1) is 0 Å². The number of rotatable bonds is 4. The van der Waals surface area contributed by atoms with Crippen molar-refractivity contribution in [3.8, 4) is 0 Å². The lowest BCUT2D eigenvalue weighted by molar-refractivity contribution is -0.150. The highest BCUT2D eigenvalue weighted by Crippen LogP contribution is 2.34. The summed E-state index contributed by atoms with van der Waals surface area (Å²) >= 11 is 0. The molecule has 2 saturated heterocycles. The maximum Gasteiger partial charge on any atom is 0.407 e. The molecule has 136 valence electrons. The van der Waals surface area contributed by atoms with E-state index in [9.17, 15) is 19.5 Å². The minimum absolute atomic E-state index is 0.113. The van der Waals surface area contributed by atoms with Gasteiger partial charge < -0.3 is 24.8 Å². The van der Waals surface area contributed by atoms with Crippen molar-refractivity contribution in [3.63, 3.8) is 0 Å². The van der Waals surface area contributed by atoms with Crippen molar-refractivity contribution in [2.24, 2.45) is 17.3 Å². The molecular formula is C16H26N2O6. The van der Waals surface area contributed by atoms with E-state index in [1.165, 1.54) is 12.0 Å². The number of hydrogen-bond donors (Lipinski definition) is 2. The Kier molecular flexibility index (Phi) is 5.37. The number of ether oxygens (including phenoxy) is 2. The molecule has 2 aliphatic rings. The van der Waals surface area contributed by atoms with Crippen LogP contribution in [0.2, 0.25) is 0 Å². The lowest BCUT2D eigenvalue weighted by Gasteiger charge is -2.35. The van der Waals surface area contributed by atoms with Crippen LogP contribution in [0.5, 0.6) is 0 Å². The molecule has 3 atom stereocenters. The van der Waals surface area contributed by atoms with E-state index in [2.05, 4.69) is 10.1 Å². The largest absolute Gasteiger partial charge is 0.480 e. The first kappa shape index (κ1) is 18.5. The molecule has 8 nitrogen and oxygen atoms in total. The molecule has 2 N–H and O–H groups in total. The van der Waals surface area contributed by atoms with E-state index in [0.717, 1.165) is 0 Å². The van der Waals surface area contributed by atoms with Crippen LogP contribution in [0.4, 0.5) is 4.79 Å². The van der Waals surface area contributed by atoms with Crippen LogP contribution in [0.1, 0.15) is 27.2 Å². The Morgan fingerprint density at radius 2 is 1.88 bits per heavy atom. The van der Waals surface area contributed by atoms with Gasteiger partial charge in [-0.3, -0.25) is 4.79 Å². The summed E-state index contributed by atoms with van der Waals surface area (Å²) in [5.41, 5.74) is -0.577. The molecule has 0 aliphatic carbocycles. The van der Waals surface area contributed by atoms with Crippen LogP contribution in [0.3, 0.4) is 0 Å². The van der Waals surface area contributed by atoms with Crippen molar-refractivity contribution in [1.82, 2.24) is 10.2 Å². The summed E-state index contributed by atoms with van der Waals surface area (Å²) in [6.07, 6.45) is -0.289. The van der Waals surface area contributed by atoms with Crippen molar-refractivity contribution in [1.29, 1.82) is 0 Å². The zero-order valence-electron chi connectivity index (χ0n) is 14.6. The second-order valence-electron chi connectivity index (χ2n) is 7.57. The Balaban J connectivity index is 2.18. The monoisotopic (exact) mass is 342 g/mol. The average molecular weight is 342 g/mol. The zero-order valence-corrected chi connectivity index (χ0v) is 14.6. The highest BCUT2D eigenvalue weighted by atomic mass is 16.5. The van der Waals surface area contributed by atoms with Gasteiger partial charge in [-0.05, 0) is 17.8 Å².